The summed E-state index contributed by atoms with van der Waals surface area (Å²) in [5.74, 6) is -0.265. The first-order valence-corrected chi connectivity index (χ1v) is 11.7. The van der Waals surface area contributed by atoms with Gasteiger partial charge in [-0.2, -0.15) is 0 Å². The second-order valence-corrected chi connectivity index (χ2v) is 9.30. The molecule has 0 spiro atoms. The first-order chi connectivity index (χ1) is 14.9. The van der Waals surface area contributed by atoms with Gasteiger partial charge in [0.2, 0.25) is 0 Å². The van der Waals surface area contributed by atoms with E-state index in [2.05, 4.69) is 49.1 Å². The van der Waals surface area contributed by atoms with Gasteiger partial charge in [-0.15, -0.1) is 0 Å². The quantitative estimate of drug-likeness (QED) is 0.491. The zero-order valence-electron chi connectivity index (χ0n) is 19.3. The van der Waals surface area contributed by atoms with Crippen molar-refractivity contribution in [2.75, 3.05) is 25.9 Å². The molecule has 0 amide bonds. The van der Waals surface area contributed by atoms with E-state index in [1.54, 1.807) is 0 Å². The fourth-order valence-corrected chi connectivity index (χ4v) is 5.08. The van der Waals surface area contributed by atoms with Gasteiger partial charge in [-0.3, -0.25) is 9.69 Å². The molecule has 2 N–H and O–H groups in total. The second-order valence-electron chi connectivity index (χ2n) is 9.30. The lowest BCUT2D eigenvalue weighted by molar-refractivity contribution is -0.146. The van der Waals surface area contributed by atoms with Crippen molar-refractivity contribution in [3.8, 4) is 0 Å². The van der Waals surface area contributed by atoms with Crippen LogP contribution in [-0.4, -0.2) is 37.1 Å². The minimum Gasteiger partial charge on any atom is -0.469 e. The molecule has 2 aromatic rings. The van der Waals surface area contributed by atoms with Crippen LogP contribution >= 0.6 is 0 Å². The maximum Gasteiger partial charge on any atom is 0.310 e. The van der Waals surface area contributed by atoms with Crippen molar-refractivity contribution in [1.29, 1.82) is 0 Å². The van der Waals surface area contributed by atoms with Gasteiger partial charge >= 0.3 is 5.97 Å². The van der Waals surface area contributed by atoms with Gasteiger partial charge in [0.25, 0.3) is 0 Å². The van der Waals surface area contributed by atoms with Crippen molar-refractivity contribution in [1.82, 2.24) is 4.90 Å². The summed E-state index contributed by atoms with van der Waals surface area (Å²) in [6.45, 7) is 6.36. The summed E-state index contributed by atoms with van der Waals surface area (Å²) in [4.78, 5) is 15.2. The van der Waals surface area contributed by atoms with Crippen molar-refractivity contribution in [2.45, 2.75) is 63.8 Å². The highest BCUT2D eigenvalue weighted by molar-refractivity contribution is 5.73. The van der Waals surface area contributed by atoms with E-state index in [1.165, 1.54) is 31.1 Å². The third kappa shape index (κ3) is 6.10. The number of esters is 1. The fourth-order valence-electron chi connectivity index (χ4n) is 5.08. The normalized spacial score (nSPS) is 23.5. The molecule has 1 heterocycles. The summed E-state index contributed by atoms with van der Waals surface area (Å²) in [5, 5.41) is 0. The van der Waals surface area contributed by atoms with Crippen molar-refractivity contribution in [2.24, 2.45) is 5.92 Å². The number of anilines is 1. The summed E-state index contributed by atoms with van der Waals surface area (Å²) in [6, 6.07) is 19.1. The zero-order chi connectivity index (χ0) is 22.3. The maximum atomic E-state index is 12.7. The number of nitrogens with two attached hydrogens (primary N) is 1. The Morgan fingerprint density at radius 2 is 1.97 bits per heavy atom. The van der Waals surface area contributed by atoms with Crippen molar-refractivity contribution in [3.63, 3.8) is 0 Å². The predicted octanol–water partition coefficient (Wildman–Crippen LogP) is 5.21. The van der Waals surface area contributed by atoms with E-state index in [-0.39, 0.29) is 17.3 Å². The molecule has 3 unspecified atom stereocenters. The highest BCUT2D eigenvalue weighted by Crippen LogP contribution is 2.37. The number of nitrogen functional groups attached to an aromatic ring is 1. The molecule has 0 aliphatic carbocycles. The summed E-state index contributed by atoms with van der Waals surface area (Å²) >= 11 is 0. The van der Waals surface area contributed by atoms with E-state index in [4.69, 9.17) is 10.5 Å². The molecule has 0 aromatic heterocycles. The van der Waals surface area contributed by atoms with E-state index in [0.29, 0.717) is 12.5 Å². The lowest BCUT2D eigenvalue weighted by atomic mass is 9.73. The number of rotatable bonds is 7. The lowest BCUT2D eigenvalue weighted by Gasteiger charge is -2.41. The van der Waals surface area contributed by atoms with Crippen molar-refractivity contribution < 1.29 is 9.53 Å². The van der Waals surface area contributed by atoms with Crippen LogP contribution in [0.25, 0.3) is 0 Å². The Balaban J connectivity index is 1.78. The molecular formula is C27H38N2O2. The van der Waals surface area contributed by atoms with Gasteiger partial charge in [-0.05, 0) is 67.3 Å². The largest absolute Gasteiger partial charge is 0.469 e. The van der Waals surface area contributed by atoms with Crippen LogP contribution in [0.4, 0.5) is 5.69 Å². The van der Waals surface area contributed by atoms with Gasteiger partial charge in [-0.1, -0.05) is 62.7 Å². The van der Waals surface area contributed by atoms with E-state index in [1.807, 2.05) is 24.3 Å². The molecular weight excluding hydrogens is 384 g/mol. The molecule has 4 heteroatoms. The minimum absolute atomic E-state index is 0.104. The maximum absolute atomic E-state index is 12.7. The van der Waals surface area contributed by atoms with Gasteiger partial charge < -0.3 is 10.5 Å². The molecule has 0 saturated carbocycles. The summed E-state index contributed by atoms with van der Waals surface area (Å²) in [7, 11) is 1.50. The van der Waals surface area contributed by atoms with Crippen LogP contribution in [0.15, 0.2) is 54.6 Å². The number of methoxy groups -OCH3 is 1. The average molecular weight is 423 g/mol. The molecule has 0 radical (unpaired) electrons. The van der Waals surface area contributed by atoms with Gasteiger partial charge in [-0.25, -0.2) is 0 Å². The number of benzene rings is 2. The number of hydrogen-bond donors (Lipinski definition) is 1. The predicted molar refractivity (Wildman–Crippen MR) is 128 cm³/mol. The van der Waals surface area contributed by atoms with Crippen LogP contribution in [0.3, 0.4) is 0 Å². The standard InChI is InChI=1S/C27H38N2O2/c1-4-25-14-9-15-27(2,23-12-8-13-24(28)19-23)16-17-29(25)20-22(26(30)31-3)18-21-10-6-5-7-11-21/h5-8,10-13,19,22,25H,4,9,14-18,20,28H2,1-3H3. The third-order valence-corrected chi connectivity index (χ3v) is 7.10. The SMILES string of the molecule is CCC1CCCC(C)(c2cccc(N)c2)CCN1CC(Cc1ccccc1)C(=O)OC. The number of likely N-dealkylation sites (tertiary alicyclic amines) is 1. The number of carbonyl (C=O) groups is 1. The molecule has 1 fully saturated rings. The second kappa shape index (κ2) is 10.8. The molecule has 1 aliphatic heterocycles. The van der Waals surface area contributed by atoms with Gasteiger partial charge in [0.15, 0.2) is 0 Å². The smallest absolute Gasteiger partial charge is 0.310 e. The van der Waals surface area contributed by atoms with Crippen LogP contribution in [0.5, 0.6) is 0 Å². The molecule has 1 aliphatic rings. The van der Waals surface area contributed by atoms with Crippen LogP contribution in [0, 0.1) is 5.92 Å². The number of ether oxygens (including phenoxy) is 1. The molecule has 168 valence electrons. The fraction of sp³-hybridized carbons (Fsp3) is 0.519. The van der Waals surface area contributed by atoms with Crippen LogP contribution in [0.1, 0.15) is 57.1 Å². The monoisotopic (exact) mass is 422 g/mol. The zero-order valence-corrected chi connectivity index (χ0v) is 19.3. The number of hydrogen-bond acceptors (Lipinski definition) is 4. The Morgan fingerprint density at radius 3 is 2.65 bits per heavy atom. The summed E-state index contributed by atoms with van der Waals surface area (Å²) < 4.78 is 5.19. The van der Waals surface area contributed by atoms with Gasteiger partial charge in [0.05, 0.1) is 13.0 Å². The Kier molecular flexibility index (Phi) is 8.14. The van der Waals surface area contributed by atoms with E-state index in [9.17, 15) is 4.79 Å². The van der Waals surface area contributed by atoms with Gasteiger partial charge in [0.1, 0.15) is 0 Å². The van der Waals surface area contributed by atoms with Crippen LogP contribution < -0.4 is 5.73 Å². The Bertz CT molecular complexity index is 838. The van der Waals surface area contributed by atoms with Gasteiger partial charge in [0, 0.05) is 18.3 Å². The highest BCUT2D eigenvalue weighted by atomic mass is 16.5. The van der Waals surface area contributed by atoms with Crippen molar-refractivity contribution in [3.05, 3.63) is 65.7 Å². The van der Waals surface area contributed by atoms with Crippen LogP contribution in [-0.2, 0) is 21.4 Å². The average Bonchev–Trinajstić information content (AvgIpc) is 2.78. The molecule has 4 nitrogen and oxygen atoms in total. The molecule has 1 saturated heterocycles. The van der Waals surface area contributed by atoms with E-state index >= 15 is 0 Å². The molecule has 0 bridgehead atoms. The molecule has 3 atom stereocenters. The summed E-state index contributed by atoms with van der Waals surface area (Å²) in [6.07, 6.45) is 6.40. The Labute approximate surface area is 187 Å². The molecule has 31 heavy (non-hydrogen) atoms. The first kappa shape index (κ1) is 23.3. The minimum atomic E-state index is -0.153. The summed E-state index contributed by atoms with van der Waals surface area (Å²) in [5.41, 5.74) is 9.54. The molecule has 2 aromatic carbocycles. The van der Waals surface area contributed by atoms with E-state index in [0.717, 1.165) is 38.0 Å². The lowest BCUT2D eigenvalue weighted by Crippen LogP contribution is -2.45. The topological polar surface area (TPSA) is 55.6 Å². The van der Waals surface area contributed by atoms with Crippen LogP contribution in [0.2, 0.25) is 0 Å². The van der Waals surface area contributed by atoms with E-state index < -0.39 is 0 Å². The number of carbonyl (C=O) groups excluding carboxylic acids is 1. The Hall–Kier alpha value is -2.33. The number of nitrogens with zero attached hydrogens (tertiary/aromatic N) is 1. The van der Waals surface area contributed by atoms with Crippen molar-refractivity contribution >= 4 is 11.7 Å². The molecule has 3 rings (SSSR count). The highest BCUT2D eigenvalue weighted by Gasteiger charge is 2.33. The third-order valence-electron chi connectivity index (χ3n) is 7.10. The Morgan fingerprint density at radius 1 is 1.19 bits per heavy atom. The first-order valence-electron chi connectivity index (χ1n) is 11.7.